The maximum atomic E-state index is 12.6. The number of para-hydroxylation sites is 1. The molecule has 1 saturated heterocycles. The highest BCUT2D eigenvalue weighted by atomic mass is 16.4. The van der Waals surface area contributed by atoms with E-state index < -0.39 is 11.4 Å². The number of carbonyl (C=O) groups is 2. The highest BCUT2D eigenvalue weighted by Gasteiger charge is 2.42. The van der Waals surface area contributed by atoms with Crippen LogP contribution in [0.3, 0.4) is 0 Å². The van der Waals surface area contributed by atoms with Gasteiger partial charge in [-0.2, -0.15) is 5.10 Å². The minimum absolute atomic E-state index is 0.267. The number of fused-ring (bicyclic) bond motifs is 1. The number of amides is 1. The van der Waals surface area contributed by atoms with E-state index in [0.29, 0.717) is 30.0 Å². The molecule has 1 saturated carbocycles. The van der Waals surface area contributed by atoms with E-state index in [-0.39, 0.29) is 6.54 Å². The summed E-state index contributed by atoms with van der Waals surface area (Å²) in [5.74, 6) is 0.964. The number of anilines is 1. The van der Waals surface area contributed by atoms with Crippen molar-refractivity contribution in [3.05, 3.63) is 83.6 Å². The van der Waals surface area contributed by atoms with Crippen LogP contribution in [0.1, 0.15) is 68.6 Å². The molecule has 2 fully saturated rings. The molecule has 232 valence electrons. The molecule has 0 radical (unpaired) electrons. The Morgan fingerprint density at radius 1 is 0.978 bits per heavy atom. The summed E-state index contributed by atoms with van der Waals surface area (Å²) < 4.78 is 2.30. The van der Waals surface area contributed by atoms with Gasteiger partial charge in [0.25, 0.3) is 0 Å². The van der Waals surface area contributed by atoms with E-state index in [1.54, 1.807) is 11.2 Å². The highest BCUT2D eigenvalue weighted by Crippen LogP contribution is 2.37. The van der Waals surface area contributed by atoms with Gasteiger partial charge in [-0.25, -0.2) is 9.99 Å². The van der Waals surface area contributed by atoms with Gasteiger partial charge >= 0.3 is 5.97 Å². The molecule has 8 heteroatoms. The molecule has 4 heterocycles. The Kier molecular flexibility index (Phi) is 7.68. The standard InChI is InChI=1S/C37H41N5O3/c1-3-26-21-25(11-14-30(26)27-15-18-40(19-16-27)35(43)29-12-13-29)22-41-20-17-28-7-5-8-31(34(28)41)32-9-6-10-33(39-32)42-24-37(4-2,23-38-42)36(44)45/h5-11,14,17,20-21,23,27,29H,3-4,12-13,15-16,18-19,22,24H2,1-2H3,(H,44,45). The molecule has 1 amide bonds. The highest BCUT2D eigenvalue weighted by molar-refractivity contribution is 5.97. The number of pyridine rings is 1. The van der Waals surface area contributed by atoms with Gasteiger partial charge in [0.2, 0.25) is 5.91 Å². The van der Waals surface area contributed by atoms with Crippen LogP contribution in [0.2, 0.25) is 0 Å². The molecule has 45 heavy (non-hydrogen) atoms. The van der Waals surface area contributed by atoms with E-state index >= 15 is 0 Å². The Balaban J connectivity index is 1.13. The van der Waals surface area contributed by atoms with E-state index in [9.17, 15) is 14.7 Å². The second-order valence-electron chi connectivity index (χ2n) is 12.9. The number of hydrogen-bond acceptors (Lipinski definition) is 5. The van der Waals surface area contributed by atoms with Crippen molar-refractivity contribution in [3.63, 3.8) is 0 Å². The Bertz CT molecular complexity index is 1780. The van der Waals surface area contributed by atoms with E-state index in [4.69, 9.17) is 4.98 Å². The predicted octanol–water partition coefficient (Wildman–Crippen LogP) is 6.72. The summed E-state index contributed by atoms with van der Waals surface area (Å²) in [6, 6.07) is 21.3. The van der Waals surface area contributed by atoms with E-state index in [1.165, 1.54) is 16.7 Å². The Labute approximate surface area is 264 Å². The third-order valence-electron chi connectivity index (χ3n) is 10.1. The van der Waals surface area contributed by atoms with E-state index in [0.717, 1.165) is 73.9 Å². The molecule has 1 N–H and O–H groups in total. The summed E-state index contributed by atoms with van der Waals surface area (Å²) in [7, 11) is 0. The van der Waals surface area contributed by atoms with Crippen LogP contribution in [-0.4, -0.2) is 57.3 Å². The number of hydrazone groups is 1. The third kappa shape index (κ3) is 5.51. The lowest BCUT2D eigenvalue weighted by Crippen LogP contribution is -2.38. The number of aliphatic carboxylic acids is 1. The number of hydrogen-bond donors (Lipinski definition) is 1. The zero-order valence-electron chi connectivity index (χ0n) is 26.2. The van der Waals surface area contributed by atoms with Gasteiger partial charge in [-0.1, -0.05) is 56.3 Å². The van der Waals surface area contributed by atoms with Gasteiger partial charge < -0.3 is 14.6 Å². The number of nitrogens with zero attached hydrogens (tertiary/aromatic N) is 5. The fraction of sp³-hybridized carbons (Fsp3) is 0.405. The molecular weight excluding hydrogens is 562 g/mol. The average molecular weight is 604 g/mol. The molecule has 0 bridgehead atoms. The van der Waals surface area contributed by atoms with Crippen LogP contribution in [0.4, 0.5) is 5.82 Å². The maximum absolute atomic E-state index is 12.6. The van der Waals surface area contributed by atoms with E-state index in [2.05, 4.69) is 70.2 Å². The van der Waals surface area contributed by atoms with Gasteiger partial charge in [0.15, 0.2) is 0 Å². The number of benzene rings is 2. The molecule has 7 rings (SSSR count). The zero-order valence-corrected chi connectivity index (χ0v) is 26.2. The largest absolute Gasteiger partial charge is 0.480 e. The maximum Gasteiger partial charge on any atom is 0.317 e. The topological polar surface area (TPSA) is 91.0 Å². The van der Waals surface area contributed by atoms with Gasteiger partial charge in [0.05, 0.1) is 17.8 Å². The molecule has 1 unspecified atom stereocenters. The van der Waals surface area contributed by atoms with Crippen LogP contribution in [-0.2, 0) is 22.6 Å². The van der Waals surface area contributed by atoms with Crippen LogP contribution < -0.4 is 5.01 Å². The number of carbonyl (C=O) groups excluding carboxylic acids is 1. The quantitative estimate of drug-likeness (QED) is 0.229. The van der Waals surface area contributed by atoms with Crippen molar-refractivity contribution >= 4 is 34.8 Å². The lowest BCUT2D eigenvalue weighted by molar-refractivity contribution is -0.144. The van der Waals surface area contributed by atoms with E-state index in [1.807, 2.05) is 25.1 Å². The van der Waals surface area contributed by atoms with Crippen LogP contribution >= 0.6 is 0 Å². The minimum Gasteiger partial charge on any atom is -0.480 e. The summed E-state index contributed by atoms with van der Waals surface area (Å²) in [5, 5.41) is 17.1. The van der Waals surface area contributed by atoms with Crippen LogP contribution in [0, 0.1) is 11.3 Å². The molecule has 1 atom stereocenters. The molecule has 3 aliphatic rings. The van der Waals surface area contributed by atoms with Crippen molar-refractivity contribution in [2.45, 2.75) is 64.8 Å². The fourth-order valence-corrected chi connectivity index (χ4v) is 7.12. The first-order chi connectivity index (χ1) is 21.9. The molecule has 2 aliphatic heterocycles. The number of carboxylic acid groups (broad SMARTS) is 1. The first kappa shape index (κ1) is 29.3. The van der Waals surface area contributed by atoms with Crippen molar-refractivity contribution in [3.8, 4) is 11.3 Å². The van der Waals surface area contributed by atoms with Gasteiger partial charge in [0.1, 0.15) is 11.2 Å². The van der Waals surface area contributed by atoms with Crippen molar-refractivity contribution in [2.75, 3.05) is 24.6 Å². The number of piperidine rings is 1. The molecule has 0 spiro atoms. The molecule has 1 aliphatic carbocycles. The predicted molar refractivity (Wildman–Crippen MR) is 178 cm³/mol. The fourth-order valence-electron chi connectivity index (χ4n) is 7.12. The van der Waals surface area contributed by atoms with Gasteiger partial charge in [0, 0.05) is 48.9 Å². The lowest BCUT2D eigenvalue weighted by atomic mass is 9.85. The number of rotatable bonds is 9. The third-order valence-corrected chi connectivity index (χ3v) is 10.1. The lowest BCUT2D eigenvalue weighted by Gasteiger charge is -2.33. The zero-order chi connectivity index (χ0) is 31.1. The van der Waals surface area contributed by atoms with Gasteiger partial charge in [-0.3, -0.25) is 9.59 Å². The average Bonchev–Trinajstić information content (AvgIpc) is 3.70. The minimum atomic E-state index is -0.994. The number of aryl methyl sites for hydroxylation is 1. The normalized spacial score (nSPS) is 20.3. The van der Waals surface area contributed by atoms with Crippen molar-refractivity contribution < 1.29 is 14.7 Å². The van der Waals surface area contributed by atoms with Gasteiger partial charge in [-0.15, -0.1) is 0 Å². The summed E-state index contributed by atoms with van der Waals surface area (Å²) in [5.41, 5.74) is 6.10. The molecule has 4 aromatic rings. The summed E-state index contributed by atoms with van der Waals surface area (Å²) in [6.07, 6.45) is 9.38. The van der Waals surface area contributed by atoms with Crippen molar-refractivity contribution in [1.29, 1.82) is 0 Å². The van der Waals surface area contributed by atoms with Gasteiger partial charge in [-0.05, 0) is 79.3 Å². The Morgan fingerprint density at radius 2 is 1.78 bits per heavy atom. The second kappa shape index (κ2) is 11.8. The Hall–Kier alpha value is -4.46. The monoisotopic (exact) mass is 603 g/mol. The summed E-state index contributed by atoms with van der Waals surface area (Å²) in [6.45, 7) is 6.88. The van der Waals surface area contributed by atoms with Crippen molar-refractivity contribution in [2.24, 2.45) is 16.4 Å². The summed E-state index contributed by atoms with van der Waals surface area (Å²) in [4.78, 5) is 31.6. The first-order valence-corrected chi connectivity index (χ1v) is 16.4. The SMILES string of the molecule is CCc1cc(Cn2ccc3cccc(-c4cccc(N5CC(CC)(C(=O)O)C=N5)n4)c32)ccc1C1CCN(C(=O)C2CC2)CC1. The molecular formula is C37H41N5O3. The second-order valence-corrected chi connectivity index (χ2v) is 12.9. The Morgan fingerprint density at radius 3 is 2.49 bits per heavy atom. The molecule has 2 aromatic carbocycles. The van der Waals surface area contributed by atoms with Crippen molar-refractivity contribution in [1.82, 2.24) is 14.5 Å². The first-order valence-electron chi connectivity index (χ1n) is 16.4. The molecule has 8 nitrogen and oxygen atoms in total. The van der Waals surface area contributed by atoms with Crippen LogP contribution in [0.15, 0.2) is 72.0 Å². The number of likely N-dealkylation sites (tertiary alicyclic amines) is 1. The van der Waals surface area contributed by atoms with Crippen LogP contribution in [0.5, 0.6) is 0 Å². The smallest absolute Gasteiger partial charge is 0.317 e. The van der Waals surface area contributed by atoms with Crippen LogP contribution in [0.25, 0.3) is 22.2 Å². The molecule has 2 aromatic heterocycles. The summed E-state index contributed by atoms with van der Waals surface area (Å²) >= 11 is 0. The number of carboxylic acids is 1. The number of aromatic nitrogens is 2.